The highest BCUT2D eigenvalue weighted by Gasteiger charge is 2.23. The summed E-state index contributed by atoms with van der Waals surface area (Å²) >= 11 is 0. The van der Waals surface area contributed by atoms with Gasteiger partial charge >= 0.3 is 0 Å². The predicted molar refractivity (Wildman–Crippen MR) is 143 cm³/mol. The van der Waals surface area contributed by atoms with Gasteiger partial charge in [0, 0.05) is 61.4 Å². The normalized spacial score (nSPS) is 13.7. The quantitative estimate of drug-likeness (QED) is 0.378. The number of nitrogens with one attached hydrogen (secondary N) is 1. The monoisotopic (exact) mass is 517 g/mol. The molecule has 0 bridgehead atoms. The van der Waals surface area contributed by atoms with Gasteiger partial charge in [0.1, 0.15) is 5.82 Å². The van der Waals surface area contributed by atoms with Gasteiger partial charge in [0.25, 0.3) is 5.91 Å². The highest BCUT2D eigenvalue weighted by molar-refractivity contribution is 5.94. The number of aryl methyl sites for hydroxylation is 1. The molecule has 0 unspecified atom stereocenters. The average molecular weight is 518 g/mol. The number of anilines is 3. The summed E-state index contributed by atoms with van der Waals surface area (Å²) in [6.45, 7) is 8.25. The molecular weight excluding hydrogens is 488 g/mol. The zero-order valence-electron chi connectivity index (χ0n) is 21.5. The number of carbonyl (C=O) groups is 1. The molecule has 0 atom stereocenters. The van der Waals surface area contributed by atoms with Crippen molar-refractivity contribution in [3.8, 4) is 11.4 Å². The molecule has 2 aromatic heterocycles. The number of hydrogen-bond donors (Lipinski definition) is 1. The van der Waals surface area contributed by atoms with E-state index in [0.717, 1.165) is 29.0 Å². The standard InChI is InChI=1S/C28H29F2N7O/c1-18(2)37-19(3)32-17-26(37)25-10-11-31-28(34-25)33-21-6-4-20(5-7-21)27(38)36-14-12-35(13-15-36)22-8-9-23(29)24(30)16-22/h4-11,16-18H,12-15H2,1-3H3,(H,31,33,34). The highest BCUT2D eigenvalue weighted by Crippen LogP contribution is 2.25. The Balaban J connectivity index is 1.22. The van der Waals surface area contributed by atoms with E-state index in [2.05, 4.69) is 38.7 Å². The fourth-order valence-electron chi connectivity index (χ4n) is 4.71. The minimum atomic E-state index is -0.871. The molecule has 1 aliphatic heterocycles. The molecule has 4 aromatic rings. The number of amides is 1. The van der Waals surface area contributed by atoms with E-state index in [1.807, 2.05) is 36.2 Å². The van der Waals surface area contributed by atoms with Crippen molar-refractivity contribution in [2.45, 2.75) is 26.8 Å². The van der Waals surface area contributed by atoms with Gasteiger partial charge in [0.2, 0.25) is 5.95 Å². The third-order valence-electron chi connectivity index (χ3n) is 6.64. The van der Waals surface area contributed by atoms with Crippen molar-refractivity contribution in [3.63, 3.8) is 0 Å². The molecule has 0 spiro atoms. The van der Waals surface area contributed by atoms with Crippen molar-refractivity contribution in [1.82, 2.24) is 24.4 Å². The van der Waals surface area contributed by atoms with E-state index in [4.69, 9.17) is 0 Å². The molecule has 0 saturated carbocycles. The van der Waals surface area contributed by atoms with Gasteiger partial charge in [-0.1, -0.05) is 0 Å². The van der Waals surface area contributed by atoms with E-state index >= 15 is 0 Å². The van der Waals surface area contributed by atoms with E-state index < -0.39 is 11.6 Å². The first kappa shape index (κ1) is 25.3. The first-order valence-electron chi connectivity index (χ1n) is 12.5. The average Bonchev–Trinajstić information content (AvgIpc) is 3.32. The third-order valence-corrected chi connectivity index (χ3v) is 6.64. The number of aromatic nitrogens is 4. The van der Waals surface area contributed by atoms with Crippen LogP contribution < -0.4 is 10.2 Å². The number of rotatable bonds is 6. The second-order valence-corrected chi connectivity index (χ2v) is 9.50. The van der Waals surface area contributed by atoms with Crippen LogP contribution in [-0.4, -0.2) is 56.5 Å². The Morgan fingerprint density at radius 3 is 2.37 bits per heavy atom. The van der Waals surface area contributed by atoms with Crippen LogP contribution >= 0.6 is 0 Å². The lowest BCUT2D eigenvalue weighted by atomic mass is 10.1. The Kier molecular flexibility index (Phi) is 7.04. The van der Waals surface area contributed by atoms with Crippen LogP contribution in [0.5, 0.6) is 0 Å². The van der Waals surface area contributed by atoms with Crippen molar-refractivity contribution in [2.75, 3.05) is 36.4 Å². The van der Waals surface area contributed by atoms with Crippen LogP contribution in [0.25, 0.3) is 11.4 Å². The maximum Gasteiger partial charge on any atom is 0.253 e. The number of halogens is 2. The molecular formula is C28H29F2N7O. The molecule has 1 saturated heterocycles. The zero-order valence-corrected chi connectivity index (χ0v) is 21.5. The van der Waals surface area contributed by atoms with E-state index in [-0.39, 0.29) is 11.9 Å². The van der Waals surface area contributed by atoms with E-state index in [1.165, 1.54) is 6.07 Å². The van der Waals surface area contributed by atoms with Gasteiger partial charge in [0.15, 0.2) is 11.6 Å². The topological polar surface area (TPSA) is 79.2 Å². The van der Waals surface area contributed by atoms with E-state index in [1.54, 1.807) is 29.3 Å². The lowest BCUT2D eigenvalue weighted by molar-refractivity contribution is 0.0747. The highest BCUT2D eigenvalue weighted by atomic mass is 19.2. The molecule has 0 radical (unpaired) electrons. The molecule has 1 N–H and O–H groups in total. The fraction of sp³-hybridized carbons (Fsp3) is 0.286. The minimum absolute atomic E-state index is 0.0722. The summed E-state index contributed by atoms with van der Waals surface area (Å²) in [6.07, 6.45) is 3.52. The molecule has 10 heteroatoms. The van der Waals surface area contributed by atoms with Gasteiger partial charge < -0.3 is 19.7 Å². The smallest absolute Gasteiger partial charge is 0.253 e. The first-order valence-corrected chi connectivity index (χ1v) is 12.5. The molecule has 1 fully saturated rings. The maximum atomic E-state index is 13.6. The van der Waals surface area contributed by atoms with Gasteiger partial charge in [0.05, 0.1) is 17.6 Å². The number of piperazine rings is 1. The van der Waals surface area contributed by atoms with E-state index in [9.17, 15) is 13.6 Å². The lowest BCUT2D eigenvalue weighted by Gasteiger charge is -2.36. The third kappa shape index (κ3) is 5.20. The van der Waals surface area contributed by atoms with E-state index in [0.29, 0.717) is 43.4 Å². The summed E-state index contributed by atoms with van der Waals surface area (Å²) in [5.41, 5.74) is 3.64. The number of benzene rings is 2. The van der Waals surface area contributed by atoms with Crippen LogP contribution in [0, 0.1) is 18.6 Å². The number of nitrogens with zero attached hydrogens (tertiary/aromatic N) is 6. The summed E-state index contributed by atoms with van der Waals surface area (Å²) in [4.78, 5) is 30.2. The molecule has 2 aromatic carbocycles. The van der Waals surface area contributed by atoms with Crippen LogP contribution in [0.4, 0.5) is 26.1 Å². The Hall–Kier alpha value is -4.34. The molecule has 8 nitrogen and oxygen atoms in total. The molecule has 1 amide bonds. The van der Waals surface area contributed by atoms with Crippen LogP contribution in [0.15, 0.2) is 60.9 Å². The van der Waals surface area contributed by atoms with Gasteiger partial charge in [-0.3, -0.25) is 4.79 Å². The fourth-order valence-corrected chi connectivity index (χ4v) is 4.71. The molecule has 0 aliphatic carbocycles. The van der Waals surface area contributed by atoms with Gasteiger partial charge in [-0.15, -0.1) is 0 Å². The molecule has 5 rings (SSSR count). The largest absolute Gasteiger partial charge is 0.368 e. The maximum absolute atomic E-state index is 13.6. The number of carbonyl (C=O) groups excluding carboxylic acids is 1. The zero-order chi connectivity index (χ0) is 26.8. The Morgan fingerprint density at radius 1 is 0.947 bits per heavy atom. The Bertz CT molecular complexity index is 1440. The van der Waals surface area contributed by atoms with Crippen LogP contribution in [-0.2, 0) is 0 Å². The van der Waals surface area contributed by atoms with Crippen LogP contribution in [0.2, 0.25) is 0 Å². The van der Waals surface area contributed by atoms with Crippen molar-refractivity contribution >= 4 is 23.2 Å². The summed E-state index contributed by atoms with van der Waals surface area (Å²) < 4.78 is 29.0. The van der Waals surface area contributed by atoms with Crippen molar-refractivity contribution in [2.24, 2.45) is 0 Å². The first-order chi connectivity index (χ1) is 18.3. The summed E-state index contributed by atoms with van der Waals surface area (Å²) in [5.74, 6) is -0.437. The number of hydrogen-bond acceptors (Lipinski definition) is 6. The summed E-state index contributed by atoms with van der Waals surface area (Å²) in [7, 11) is 0. The van der Waals surface area contributed by atoms with Crippen molar-refractivity contribution in [1.29, 1.82) is 0 Å². The molecule has 196 valence electrons. The SMILES string of the molecule is Cc1ncc(-c2ccnc(Nc3ccc(C(=O)N4CCN(c5ccc(F)c(F)c5)CC4)cc3)n2)n1C(C)C. The van der Waals surface area contributed by atoms with Gasteiger partial charge in [-0.05, 0) is 63.2 Å². The number of imidazole rings is 1. The molecule has 1 aliphatic rings. The van der Waals surface area contributed by atoms with Crippen molar-refractivity contribution in [3.05, 3.63) is 83.9 Å². The predicted octanol–water partition coefficient (Wildman–Crippen LogP) is 5.21. The van der Waals surface area contributed by atoms with Crippen molar-refractivity contribution < 1.29 is 13.6 Å². The molecule has 3 heterocycles. The Morgan fingerprint density at radius 2 is 1.68 bits per heavy atom. The van der Waals surface area contributed by atoms with Crippen LogP contribution in [0.3, 0.4) is 0 Å². The lowest BCUT2D eigenvalue weighted by Crippen LogP contribution is -2.48. The summed E-state index contributed by atoms with van der Waals surface area (Å²) in [5, 5.41) is 3.21. The van der Waals surface area contributed by atoms with Gasteiger partial charge in [-0.25, -0.2) is 23.7 Å². The Labute approximate surface area is 220 Å². The van der Waals surface area contributed by atoms with Gasteiger partial charge in [-0.2, -0.15) is 0 Å². The second kappa shape index (κ2) is 10.6. The molecule has 38 heavy (non-hydrogen) atoms. The summed E-state index contributed by atoms with van der Waals surface area (Å²) in [6, 6.07) is 13.2. The minimum Gasteiger partial charge on any atom is -0.368 e. The van der Waals surface area contributed by atoms with Crippen LogP contribution in [0.1, 0.15) is 36.1 Å². The second-order valence-electron chi connectivity index (χ2n) is 9.50.